The lowest BCUT2D eigenvalue weighted by Crippen LogP contribution is -2.55. The Morgan fingerprint density at radius 3 is 0.791 bits per heavy atom. The van der Waals surface area contributed by atoms with Crippen molar-refractivity contribution in [1.82, 2.24) is 0 Å². The lowest BCUT2D eigenvalue weighted by atomic mass is 9.69. The van der Waals surface area contributed by atoms with Gasteiger partial charge < -0.3 is 19.7 Å². The Hall–Kier alpha value is -7.44. The van der Waals surface area contributed by atoms with E-state index >= 15 is 0 Å². The molecule has 0 aromatic heterocycles. The minimum Gasteiger partial charge on any atom is -0.377 e. The van der Waals surface area contributed by atoms with Crippen LogP contribution in [0.1, 0.15) is 36.1 Å². The molecule has 0 saturated carbocycles. The maximum atomic E-state index is 14.8. The van der Waals surface area contributed by atoms with Gasteiger partial charge in [-0.3, -0.25) is 0 Å². The molecule has 67 heavy (non-hydrogen) atoms. The molecular weight excluding hydrogens is 821 g/mol. The lowest BCUT2D eigenvalue weighted by Gasteiger charge is -2.44. The second kappa shape index (κ2) is 14.8. The quantitative estimate of drug-likeness (QED) is 0.164. The third-order valence-electron chi connectivity index (χ3n) is 14.7. The smallest absolute Gasteiger partial charge is 0.164 e. The van der Waals surface area contributed by atoms with E-state index in [2.05, 4.69) is 170 Å². The summed E-state index contributed by atoms with van der Waals surface area (Å²) in [6.45, 7) is 3.78. The molecule has 13 rings (SSSR count). The van der Waals surface area contributed by atoms with Crippen LogP contribution in [-0.4, -0.2) is 28.2 Å². The van der Waals surface area contributed by atoms with Crippen molar-refractivity contribution >= 4 is 86.2 Å². The maximum Gasteiger partial charge on any atom is 0.164 e. The highest BCUT2D eigenvalue weighted by atomic mass is 16.8. The zero-order valence-electron chi connectivity index (χ0n) is 37.2. The number of ether oxygens (including phenoxy) is 2. The molecule has 2 unspecified atom stereocenters. The summed E-state index contributed by atoms with van der Waals surface area (Å²) in [5, 5.41) is 46.0. The Morgan fingerprint density at radius 1 is 0.284 bits per heavy atom. The van der Waals surface area contributed by atoms with Crippen LogP contribution >= 0.6 is 0 Å². The van der Waals surface area contributed by atoms with Crippen LogP contribution in [0.25, 0.3) is 86.2 Å². The topological polar surface area (TPSA) is 58.9 Å². The summed E-state index contributed by atoms with van der Waals surface area (Å²) >= 11 is 0. The largest absolute Gasteiger partial charge is 0.377 e. The first-order chi connectivity index (χ1) is 32.7. The van der Waals surface area contributed by atoms with E-state index in [1.807, 2.05) is 62.4 Å². The van der Waals surface area contributed by atoms with Crippen molar-refractivity contribution in [2.75, 3.05) is 0 Å². The van der Waals surface area contributed by atoms with Crippen molar-refractivity contribution in [2.45, 2.75) is 43.0 Å². The van der Waals surface area contributed by atoms with E-state index in [-0.39, 0.29) is 0 Å². The second-order valence-electron chi connectivity index (χ2n) is 18.8. The molecule has 322 valence electrons. The molecule has 2 N–H and O–H groups in total. The average Bonchev–Trinajstić information content (AvgIpc) is 3.73. The number of hydrogen-bond acceptors (Lipinski definition) is 4. The number of benzene rings is 12. The van der Waals surface area contributed by atoms with Crippen LogP contribution in [0, 0.1) is 0 Å². The van der Waals surface area contributed by atoms with Crippen LogP contribution in [-0.2, 0) is 20.7 Å². The second-order valence-corrected chi connectivity index (χ2v) is 18.8. The molecule has 0 bridgehead atoms. The van der Waals surface area contributed by atoms with Gasteiger partial charge in [0.2, 0.25) is 0 Å². The lowest BCUT2D eigenvalue weighted by molar-refractivity contribution is -0.172. The van der Waals surface area contributed by atoms with Gasteiger partial charge in [0.25, 0.3) is 0 Å². The van der Waals surface area contributed by atoms with E-state index in [1.54, 1.807) is 0 Å². The van der Waals surface area contributed by atoms with Gasteiger partial charge in [-0.05, 0) is 122 Å². The number of hydrogen-bond donors (Lipinski definition) is 2. The molecule has 4 nitrogen and oxygen atoms in total. The molecule has 12 aromatic rings. The standard InChI is InChI=1S/C63H46O4/c1-61(2)66-59(62(64,55-27-11-23-47-43-19-7-3-15-39(43)31-35-51(47)55)56-28-12-24-48-44-20-8-4-16-40(44)32-36-52(48)56)60(67-61)63(65,57-29-13-25-49-45-21-9-5-17-41(45)33-37-53(49)57)58-30-14-26-50-46-22-10-6-18-42(46)34-38-54(50)58/h3-38,59-60,64-65H,1-2H3. The van der Waals surface area contributed by atoms with Crippen molar-refractivity contribution < 1.29 is 19.7 Å². The Bertz CT molecular complexity index is 3480. The van der Waals surface area contributed by atoms with E-state index in [4.69, 9.17) is 9.47 Å². The molecule has 12 aromatic carbocycles. The van der Waals surface area contributed by atoms with Crippen molar-refractivity contribution in [3.05, 3.63) is 241 Å². The molecule has 0 radical (unpaired) electrons. The zero-order valence-corrected chi connectivity index (χ0v) is 37.2. The molecule has 0 aliphatic carbocycles. The van der Waals surface area contributed by atoms with Gasteiger partial charge in [0.15, 0.2) is 5.79 Å². The first-order valence-corrected chi connectivity index (χ1v) is 23.2. The minimum absolute atomic E-state index is 0.655. The molecule has 0 amide bonds. The van der Waals surface area contributed by atoms with E-state index in [0.29, 0.717) is 22.3 Å². The monoisotopic (exact) mass is 866 g/mol. The number of rotatable bonds is 6. The number of fused-ring (bicyclic) bond motifs is 12. The number of aliphatic hydroxyl groups is 2. The summed E-state index contributed by atoms with van der Waals surface area (Å²) in [5.74, 6) is -1.26. The summed E-state index contributed by atoms with van der Waals surface area (Å²) in [6, 6.07) is 75.2. The van der Waals surface area contributed by atoms with Crippen LogP contribution in [0.3, 0.4) is 0 Å². The highest BCUT2D eigenvalue weighted by Crippen LogP contribution is 2.55. The fraction of sp³-hybridized carbons (Fsp3) is 0.111. The highest BCUT2D eigenvalue weighted by Gasteiger charge is 2.62. The predicted octanol–water partition coefficient (Wildman–Crippen LogP) is 14.6. The van der Waals surface area contributed by atoms with Gasteiger partial charge in [-0.25, -0.2) is 0 Å². The van der Waals surface area contributed by atoms with Gasteiger partial charge in [-0.15, -0.1) is 0 Å². The molecule has 4 heteroatoms. The van der Waals surface area contributed by atoms with Crippen LogP contribution < -0.4 is 0 Å². The highest BCUT2D eigenvalue weighted by molar-refractivity contribution is 6.13. The SMILES string of the molecule is CC1(C)OC(C(O)(c2cccc3c2ccc2ccccc23)c2cccc3c2ccc2ccccc23)C(C(O)(c2cccc3c2ccc2ccccc23)c2cccc3c2ccc2ccccc23)O1. The fourth-order valence-corrected chi connectivity index (χ4v) is 11.8. The molecular formula is C63H46O4. The van der Waals surface area contributed by atoms with Gasteiger partial charge in [0.1, 0.15) is 23.4 Å². The van der Waals surface area contributed by atoms with Gasteiger partial charge in [-0.2, -0.15) is 0 Å². The van der Waals surface area contributed by atoms with E-state index in [1.165, 1.54) is 0 Å². The third-order valence-corrected chi connectivity index (χ3v) is 14.7. The third kappa shape index (κ3) is 5.88. The molecule has 1 aliphatic heterocycles. The maximum absolute atomic E-state index is 14.8. The van der Waals surface area contributed by atoms with Gasteiger partial charge in [-0.1, -0.05) is 218 Å². The van der Waals surface area contributed by atoms with Crippen LogP contribution in [0.5, 0.6) is 0 Å². The first kappa shape index (κ1) is 39.9. The van der Waals surface area contributed by atoms with E-state index in [9.17, 15) is 10.2 Å². The van der Waals surface area contributed by atoms with Gasteiger partial charge in [0, 0.05) is 0 Å². The Kier molecular flexibility index (Phi) is 8.80. The van der Waals surface area contributed by atoms with Crippen LogP contribution in [0.2, 0.25) is 0 Å². The van der Waals surface area contributed by atoms with E-state index < -0.39 is 29.2 Å². The Balaban J connectivity index is 1.16. The normalized spacial score (nSPS) is 16.7. The van der Waals surface area contributed by atoms with Crippen LogP contribution in [0.15, 0.2) is 218 Å². The molecule has 0 spiro atoms. The van der Waals surface area contributed by atoms with E-state index in [0.717, 1.165) is 86.2 Å². The Morgan fingerprint density at radius 2 is 0.522 bits per heavy atom. The summed E-state index contributed by atoms with van der Waals surface area (Å²) in [7, 11) is 0. The van der Waals surface area contributed by atoms with Gasteiger partial charge >= 0.3 is 0 Å². The van der Waals surface area contributed by atoms with Crippen molar-refractivity contribution in [1.29, 1.82) is 0 Å². The minimum atomic E-state index is -1.93. The van der Waals surface area contributed by atoms with Crippen molar-refractivity contribution in [3.63, 3.8) is 0 Å². The summed E-state index contributed by atoms with van der Waals surface area (Å²) < 4.78 is 14.7. The molecule has 1 saturated heterocycles. The van der Waals surface area contributed by atoms with Crippen molar-refractivity contribution in [3.8, 4) is 0 Å². The van der Waals surface area contributed by atoms with Gasteiger partial charge in [0.05, 0.1) is 0 Å². The molecule has 1 heterocycles. The molecule has 1 fully saturated rings. The van der Waals surface area contributed by atoms with Crippen LogP contribution in [0.4, 0.5) is 0 Å². The molecule has 1 aliphatic rings. The fourth-order valence-electron chi connectivity index (χ4n) is 11.8. The summed E-state index contributed by atoms with van der Waals surface area (Å²) in [6.07, 6.45) is -2.37. The Labute approximate surface area is 387 Å². The molecule has 2 atom stereocenters. The first-order valence-electron chi connectivity index (χ1n) is 23.2. The van der Waals surface area contributed by atoms with Crippen molar-refractivity contribution in [2.24, 2.45) is 0 Å². The average molecular weight is 867 g/mol. The summed E-state index contributed by atoms with van der Waals surface area (Å²) in [4.78, 5) is 0. The zero-order chi connectivity index (χ0) is 45.1. The summed E-state index contributed by atoms with van der Waals surface area (Å²) in [5.41, 5.74) is -1.23. The predicted molar refractivity (Wildman–Crippen MR) is 276 cm³/mol.